The van der Waals surface area contributed by atoms with Crippen LogP contribution in [0, 0.1) is 7.05 Å². The van der Waals surface area contributed by atoms with Gasteiger partial charge in [-0.3, -0.25) is 0 Å². The van der Waals surface area contributed by atoms with Crippen LogP contribution >= 0.6 is 0 Å². The Labute approximate surface area is 77.5 Å². The van der Waals surface area contributed by atoms with Crippen molar-refractivity contribution in [3.05, 3.63) is 7.05 Å². The lowest BCUT2D eigenvalue weighted by Crippen LogP contribution is -3.08. The summed E-state index contributed by atoms with van der Waals surface area (Å²) in [7, 11) is 8.32. The van der Waals surface area contributed by atoms with Crippen molar-refractivity contribution in [1.29, 1.82) is 0 Å². The van der Waals surface area contributed by atoms with E-state index in [1.54, 1.807) is 0 Å². The first-order valence-electron chi connectivity index (χ1n) is 5.03. The molecule has 2 heteroatoms. The molecule has 0 saturated carbocycles. The third-order valence-corrected chi connectivity index (χ3v) is 2.39. The molecule has 0 spiro atoms. The predicted octanol–water partition coefficient (Wildman–Crippen LogP) is 0.413. The Kier molecular flexibility index (Phi) is 6.39. The predicted molar refractivity (Wildman–Crippen MR) is 54.1 cm³/mol. The first kappa shape index (κ1) is 11.9. The van der Waals surface area contributed by atoms with Gasteiger partial charge in [0.25, 0.3) is 0 Å². The van der Waals surface area contributed by atoms with Gasteiger partial charge in [0, 0.05) is 18.9 Å². The van der Waals surface area contributed by atoms with Gasteiger partial charge in [-0.15, -0.1) is 0 Å². The van der Waals surface area contributed by atoms with Crippen LogP contribution in [0.4, 0.5) is 0 Å². The minimum absolute atomic E-state index is 0.811. The monoisotopic (exact) mass is 172 g/mol. The second-order valence-corrected chi connectivity index (χ2v) is 3.44. The van der Waals surface area contributed by atoms with Crippen LogP contribution in [-0.2, 0) is 0 Å². The van der Waals surface area contributed by atoms with E-state index in [2.05, 4.69) is 26.0 Å². The van der Waals surface area contributed by atoms with Crippen LogP contribution in [0.3, 0.4) is 0 Å². The van der Waals surface area contributed by atoms with E-state index in [-0.39, 0.29) is 0 Å². The Bertz CT molecular complexity index is 94.0. The molecule has 1 N–H and O–H groups in total. The van der Waals surface area contributed by atoms with Crippen molar-refractivity contribution in [2.45, 2.75) is 32.7 Å². The Morgan fingerprint density at radius 2 is 1.58 bits per heavy atom. The molecule has 1 heterocycles. The Hall–Kier alpha value is -0.0800. The number of piperidine rings is 1. The molecule has 1 saturated heterocycles. The summed E-state index contributed by atoms with van der Waals surface area (Å²) in [6.45, 7) is 6.48. The molecule has 0 aromatic heterocycles. The molecule has 0 aliphatic carbocycles. The molecule has 12 heavy (non-hydrogen) atoms. The molecule has 0 radical (unpaired) electrons. The average Bonchev–Trinajstić information content (AvgIpc) is 2.09. The topological polar surface area (TPSA) is 7.68 Å². The van der Waals surface area contributed by atoms with Crippen LogP contribution in [0.15, 0.2) is 0 Å². The van der Waals surface area contributed by atoms with Crippen LogP contribution in [0.25, 0.3) is 0 Å². The summed E-state index contributed by atoms with van der Waals surface area (Å²) in [6, 6.07) is 0.811. The fourth-order valence-corrected chi connectivity index (χ4v) is 1.53. The van der Waals surface area contributed by atoms with Crippen molar-refractivity contribution in [2.24, 2.45) is 0 Å². The van der Waals surface area contributed by atoms with Gasteiger partial charge >= 0.3 is 0 Å². The van der Waals surface area contributed by atoms with Crippen molar-refractivity contribution in [1.82, 2.24) is 4.90 Å². The van der Waals surface area contributed by atoms with Gasteiger partial charge in [-0.05, 0) is 14.1 Å². The number of hydrogen-bond acceptors (Lipinski definition) is 1. The van der Waals surface area contributed by atoms with Crippen LogP contribution in [0.2, 0.25) is 0 Å². The van der Waals surface area contributed by atoms with Gasteiger partial charge in [0.15, 0.2) is 0 Å². The number of nitrogens with one attached hydrogen (secondary N) is 1. The van der Waals surface area contributed by atoms with E-state index in [0.717, 1.165) is 6.04 Å². The molecule has 0 amide bonds. The zero-order chi connectivity index (χ0) is 9.56. The van der Waals surface area contributed by atoms with Crippen LogP contribution in [0.5, 0.6) is 0 Å². The highest BCUT2D eigenvalue weighted by atomic mass is 15.2. The molecule has 1 aliphatic rings. The Balaban J connectivity index is 0.000000561. The molecule has 2 nitrogen and oxygen atoms in total. The first-order chi connectivity index (χ1) is 5.70. The summed E-state index contributed by atoms with van der Waals surface area (Å²) in [5.41, 5.74) is 0. The van der Waals surface area contributed by atoms with Crippen LogP contribution in [-0.4, -0.2) is 38.1 Å². The average molecular weight is 172 g/mol. The number of quaternary nitrogens is 1. The van der Waals surface area contributed by atoms with Gasteiger partial charge in [0.2, 0.25) is 0 Å². The van der Waals surface area contributed by atoms with E-state index in [4.69, 9.17) is 0 Å². The fourth-order valence-electron chi connectivity index (χ4n) is 1.53. The van der Waals surface area contributed by atoms with Gasteiger partial charge in [0.1, 0.15) is 0 Å². The molecule has 0 unspecified atom stereocenters. The molecule has 74 valence electrons. The number of hydrogen-bond donors (Lipinski definition) is 1. The Morgan fingerprint density at radius 3 is 1.92 bits per heavy atom. The lowest BCUT2D eigenvalue weighted by atomic mass is 10.1. The van der Waals surface area contributed by atoms with Gasteiger partial charge in [-0.2, -0.15) is 7.05 Å². The summed E-state index contributed by atoms with van der Waals surface area (Å²) >= 11 is 0. The van der Waals surface area contributed by atoms with Gasteiger partial charge in [-0.25, -0.2) is 0 Å². The van der Waals surface area contributed by atoms with Crippen molar-refractivity contribution < 1.29 is 4.90 Å². The summed E-state index contributed by atoms with van der Waals surface area (Å²) < 4.78 is 0. The highest BCUT2D eigenvalue weighted by Gasteiger charge is 2.17. The highest BCUT2D eigenvalue weighted by Crippen LogP contribution is 2.04. The highest BCUT2D eigenvalue weighted by molar-refractivity contribution is 4.67. The van der Waals surface area contributed by atoms with E-state index in [9.17, 15) is 0 Å². The minimum atomic E-state index is 0.811. The van der Waals surface area contributed by atoms with Crippen LogP contribution in [0.1, 0.15) is 26.7 Å². The summed E-state index contributed by atoms with van der Waals surface area (Å²) in [5, 5.41) is 0. The lowest BCUT2D eigenvalue weighted by Gasteiger charge is -2.34. The van der Waals surface area contributed by atoms with Crippen molar-refractivity contribution >= 4 is 0 Å². The maximum absolute atomic E-state index is 3.99. The second kappa shape index (κ2) is 6.44. The second-order valence-electron chi connectivity index (χ2n) is 3.44. The zero-order valence-corrected chi connectivity index (χ0v) is 9.06. The SMILES string of the molecule is CC.[CH2-][NH+]1CCC(N(C)C)CC1. The smallest absolute Gasteiger partial charge is 0.0545 e. The normalized spacial score (nSPS) is 29.5. The number of nitrogens with zero attached hydrogens (tertiary/aromatic N) is 1. The summed E-state index contributed by atoms with van der Waals surface area (Å²) in [6.07, 6.45) is 2.62. The molecule has 1 fully saturated rings. The number of likely N-dealkylation sites (tertiary alicyclic amines) is 1. The van der Waals surface area contributed by atoms with Crippen molar-refractivity contribution in [3.8, 4) is 0 Å². The summed E-state index contributed by atoms with van der Waals surface area (Å²) in [4.78, 5) is 3.77. The largest absolute Gasteiger partial charge is 0.468 e. The Morgan fingerprint density at radius 1 is 1.17 bits per heavy atom. The quantitative estimate of drug-likeness (QED) is 0.563. The van der Waals surface area contributed by atoms with Crippen molar-refractivity contribution in [3.63, 3.8) is 0 Å². The maximum Gasteiger partial charge on any atom is 0.0545 e. The van der Waals surface area contributed by atoms with E-state index in [1.165, 1.54) is 30.8 Å². The van der Waals surface area contributed by atoms with Gasteiger partial charge < -0.3 is 9.80 Å². The van der Waals surface area contributed by atoms with Gasteiger partial charge in [-0.1, -0.05) is 13.8 Å². The molecule has 0 aromatic carbocycles. The molecule has 1 aliphatic heterocycles. The molecule has 0 atom stereocenters. The lowest BCUT2D eigenvalue weighted by molar-refractivity contribution is -0.859. The third kappa shape index (κ3) is 4.07. The van der Waals surface area contributed by atoms with E-state index >= 15 is 0 Å². The zero-order valence-electron chi connectivity index (χ0n) is 9.06. The standard InChI is InChI=1S/C8H18N2.C2H6/c1-9(2)8-4-6-10(3)7-5-8;1-2/h8,10H,3-7H2,1-2H3;1-2H3. The van der Waals surface area contributed by atoms with Crippen LogP contribution < -0.4 is 4.90 Å². The molecule has 0 aromatic rings. The van der Waals surface area contributed by atoms with E-state index < -0.39 is 0 Å². The molecular weight excluding hydrogens is 148 g/mol. The maximum atomic E-state index is 3.99. The van der Waals surface area contributed by atoms with Gasteiger partial charge in [0.05, 0.1) is 13.1 Å². The summed E-state index contributed by atoms with van der Waals surface area (Å²) in [5.74, 6) is 0. The van der Waals surface area contributed by atoms with E-state index in [1.807, 2.05) is 13.8 Å². The third-order valence-electron chi connectivity index (χ3n) is 2.39. The van der Waals surface area contributed by atoms with E-state index in [0.29, 0.717) is 0 Å². The molecular formula is C10H24N2. The molecule has 1 rings (SSSR count). The first-order valence-corrected chi connectivity index (χ1v) is 5.03. The van der Waals surface area contributed by atoms with Crippen molar-refractivity contribution in [2.75, 3.05) is 27.2 Å². The fraction of sp³-hybridized carbons (Fsp3) is 0.900. The number of rotatable bonds is 1. The molecule has 0 bridgehead atoms. The minimum Gasteiger partial charge on any atom is -0.468 e.